The SMILES string of the molecule is CO[C@@H]1/C=C/C=C(\C)Cc2cc(C)c(Cl)c(c2)N(C)C(=O)C[C@H](OC(=O)[C@H](C)N(C)C(=O)c2ccc(N)cc2C(F)(F)F)[C@]2(C)O[C@H]2[C@H](C)[C@@H]2C[C@@]1(O)CC(=O)O2. The number of nitrogens with two attached hydrogens (primary N) is 1. The molecule has 16 heteroatoms. The second-order valence-corrected chi connectivity index (χ2v) is 15.9. The fraction of sp³-hybridized carbons (Fsp3) is 0.512. The van der Waals surface area contributed by atoms with Crippen molar-refractivity contribution in [1.29, 1.82) is 0 Å². The molecule has 2 amide bonds. The van der Waals surface area contributed by atoms with Gasteiger partial charge in [-0.25, -0.2) is 4.79 Å². The van der Waals surface area contributed by atoms with Gasteiger partial charge in [0.25, 0.3) is 5.91 Å². The van der Waals surface area contributed by atoms with E-state index in [-0.39, 0.29) is 18.5 Å². The molecule has 12 nitrogen and oxygen atoms in total. The van der Waals surface area contributed by atoms with Crippen molar-refractivity contribution in [3.05, 3.63) is 81.4 Å². The second-order valence-electron chi connectivity index (χ2n) is 15.5. The van der Waals surface area contributed by atoms with Crippen LogP contribution in [0.3, 0.4) is 0 Å². The van der Waals surface area contributed by atoms with Gasteiger partial charge in [-0.1, -0.05) is 48.4 Å². The summed E-state index contributed by atoms with van der Waals surface area (Å²) in [6.07, 6.45) is -3.79. The fourth-order valence-corrected chi connectivity index (χ4v) is 7.88. The van der Waals surface area contributed by atoms with Crippen molar-refractivity contribution in [2.75, 3.05) is 31.8 Å². The number of esters is 2. The summed E-state index contributed by atoms with van der Waals surface area (Å²) in [5, 5.41) is 12.2. The highest BCUT2D eigenvalue weighted by Crippen LogP contribution is 2.50. The lowest BCUT2D eigenvalue weighted by molar-refractivity contribution is -0.187. The standard InChI is InChI=1S/C41H49ClF3N3O9/c1-21-10-9-11-31(54-8)40(53)19-30(55-34(50)20-40)23(3)36-39(5,57-36)32(18-33(49)48(7)29-16-25(14-21)15-22(2)35(29)42)56-38(52)24(4)47(6)37(51)27-13-12-26(46)17-28(27)41(43,44)45/h9-13,15-17,23-24,30-32,36,53H,14,18-20,46H2,1-8H3/b11-9+,21-10+/t23-,24+,30+,31-,32+,36+,39+,40-/m1/s1. The molecule has 0 saturated carbocycles. The normalized spacial score (nSPS) is 30.3. The molecule has 0 spiro atoms. The van der Waals surface area contributed by atoms with Crippen LogP contribution in [0.4, 0.5) is 24.5 Å². The van der Waals surface area contributed by atoms with Crippen LogP contribution < -0.4 is 10.6 Å². The Morgan fingerprint density at radius 3 is 2.51 bits per heavy atom. The Balaban J connectivity index is 1.51. The zero-order valence-corrected chi connectivity index (χ0v) is 33.9. The van der Waals surface area contributed by atoms with Crippen LogP contribution in [0.1, 0.15) is 74.0 Å². The number of carbonyl (C=O) groups excluding carboxylic acids is 4. The van der Waals surface area contributed by atoms with Crippen LogP contribution in [0.25, 0.3) is 0 Å². The first-order valence-corrected chi connectivity index (χ1v) is 18.8. The molecule has 3 heterocycles. The van der Waals surface area contributed by atoms with Crippen molar-refractivity contribution in [3.8, 4) is 0 Å². The smallest absolute Gasteiger partial charge is 0.417 e. The molecule has 57 heavy (non-hydrogen) atoms. The van der Waals surface area contributed by atoms with Gasteiger partial charge in [-0.3, -0.25) is 14.4 Å². The number of fused-ring (bicyclic) bond motifs is 5. The number of amides is 2. The number of allylic oxidation sites excluding steroid dienone is 3. The highest BCUT2D eigenvalue weighted by Gasteiger charge is 2.64. The Hall–Kier alpha value is -4.44. The van der Waals surface area contributed by atoms with Crippen LogP contribution in [0, 0.1) is 12.8 Å². The summed E-state index contributed by atoms with van der Waals surface area (Å²) < 4.78 is 65.3. The van der Waals surface area contributed by atoms with Crippen LogP contribution in [-0.4, -0.2) is 96.6 Å². The first-order chi connectivity index (χ1) is 26.5. The number of hydrogen-bond acceptors (Lipinski definition) is 10. The minimum absolute atomic E-state index is 0.0217. The van der Waals surface area contributed by atoms with Crippen molar-refractivity contribution in [1.82, 2.24) is 4.90 Å². The molecular formula is C41H49ClF3N3O9. The number of rotatable bonds is 5. The lowest BCUT2D eigenvalue weighted by Crippen LogP contribution is -2.53. The van der Waals surface area contributed by atoms with Gasteiger partial charge in [-0.2, -0.15) is 13.2 Å². The number of alkyl halides is 3. The molecule has 2 fully saturated rings. The molecule has 0 aliphatic carbocycles. The number of epoxide rings is 1. The predicted octanol–water partition coefficient (Wildman–Crippen LogP) is 5.98. The van der Waals surface area contributed by atoms with Gasteiger partial charge in [0, 0.05) is 39.2 Å². The lowest BCUT2D eigenvalue weighted by atomic mass is 9.78. The van der Waals surface area contributed by atoms with E-state index in [1.807, 2.05) is 26.0 Å². The number of aliphatic hydroxyl groups is 1. The average molecular weight is 820 g/mol. The molecule has 310 valence electrons. The Morgan fingerprint density at radius 2 is 1.86 bits per heavy atom. The topological polar surface area (TPSA) is 161 Å². The largest absolute Gasteiger partial charge is 0.462 e. The minimum atomic E-state index is -4.91. The van der Waals surface area contributed by atoms with Crippen molar-refractivity contribution in [2.24, 2.45) is 5.92 Å². The summed E-state index contributed by atoms with van der Waals surface area (Å²) in [6, 6.07) is 4.98. The number of carbonyl (C=O) groups is 4. The van der Waals surface area contributed by atoms with Gasteiger partial charge in [-0.05, 0) is 69.5 Å². The van der Waals surface area contributed by atoms with Crippen LogP contribution in [0.2, 0.25) is 5.02 Å². The number of methoxy groups -OCH3 is 1. The summed E-state index contributed by atoms with van der Waals surface area (Å²) in [5.74, 6) is -3.92. The molecule has 3 aliphatic heterocycles. The average Bonchev–Trinajstić information content (AvgIpc) is 3.83. The maximum Gasteiger partial charge on any atom is 0.417 e. The van der Waals surface area contributed by atoms with Crippen LogP contribution in [0.15, 0.2) is 54.1 Å². The molecule has 5 rings (SSSR count). The van der Waals surface area contributed by atoms with Crippen molar-refractivity contribution in [2.45, 2.75) is 108 Å². The molecular weight excluding hydrogens is 771 g/mol. The number of benzene rings is 2. The number of hydrogen-bond donors (Lipinski definition) is 2. The summed E-state index contributed by atoms with van der Waals surface area (Å²) >= 11 is 6.75. The highest BCUT2D eigenvalue weighted by atomic mass is 35.5. The molecule has 2 aromatic carbocycles. The van der Waals surface area contributed by atoms with Gasteiger partial charge in [0.05, 0.1) is 40.8 Å². The first kappa shape index (κ1) is 43.7. The van der Waals surface area contributed by atoms with Gasteiger partial charge in [-0.15, -0.1) is 0 Å². The fourth-order valence-electron chi connectivity index (χ4n) is 7.64. The van der Waals surface area contributed by atoms with Gasteiger partial charge < -0.3 is 39.6 Å². The second kappa shape index (κ2) is 16.4. The third-order valence-corrected chi connectivity index (χ3v) is 11.8. The Labute approximate surface area is 334 Å². The first-order valence-electron chi connectivity index (χ1n) is 18.5. The van der Waals surface area contributed by atoms with E-state index in [2.05, 4.69) is 0 Å². The number of ether oxygens (including phenoxy) is 4. The predicted molar refractivity (Wildman–Crippen MR) is 205 cm³/mol. The van der Waals surface area contributed by atoms with Crippen LogP contribution >= 0.6 is 11.6 Å². The summed E-state index contributed by atoms with van der Waals surface area (Å²) in [5.41, 5.74) is 3.27. The summed E-state index contributed by atoms with van der Waals surface area (Å²) in [7, 11) is 4.12. The van der Waals surface area contributed by atoms with Gasteiger partial charge >= 0.3 is 18.1 Å². The molecule has 0 radical (unpaired) electrons. The van der Waals surface area contributed by atoms with Crippen LogP contribution in [-0.2, 0) is 45.9 Å². The van der Waals surface area contributed by atoms with Gasteiger partial charge in [0.1, 0.15) is 35.6 Å². The number of likely N-dealkylation sites (N-methyl/N-ethyl adjacent to an activating group) is 1. The maximum atomic E-state index is 14.2. The molecule has 8 atom stereocenters. The van der Waals surface area contributed by atoms with Crippen molar-refractivity contribution in [3.63, 3.8) is 0 Å². The van der Waals surface area contributed by atoms with E-state index in [4.69, 9.17) is 36.3 Å². The zero-order valence-electron chi connectivity index (χ0n) is 33.1. The molecule has 0 aromatic heterocycles. The number of aryl methyl sites for hydroxylation is 1. The van der Waals surface area contributed by atoms with Crippen molar-refractivity contribution < 1.29 is 56.4 Å². The third-order valence-electron chi connectivity index (χ3n) is 11.3. The van der Waals surface area contributed by atoms with Gasteiger partial charge in [0.2, 0.25) is 5.91 Å². The molecule has 2 aromatic rings. The number of nitrogen functional groups attached to an aromatic ring is 1. The van der Waals surface area contributed by atoms with E-state index >= 15 is 0 Å². The Bertz CT molecular complexity index is 1990. The number of anilines is 2. The summed E-state index contributed by atoms with van der Waals surface area (Å²) in [4.78, 5) is 56.6. The quantitative estimate of drug-likeness (QED) is 0.209. The van der Waals surface area contributed by atoms with E-state index in [0.717, 1.165) is 35.2 Å². The Kier molecular flexibility index (Phi) is 12.6. The third kappa shape index (κ3) is 9.16. The zero-order chi connectivity index (χ0) is 42.4. The lowest BCUT2D eigenvalue weighted by Gasteiger charge is -2.41. The van der Waals surface area contributed by atoms with E-state index in [9.17, 15) is 37.5 Å². The maximum absolute atomic E-state index is 14.2. The van der Waals surface area contributed by atoms with E-state index in [1.54, 1.807) is 32.1 Å². The molecule has 2 saturated heterocycles. The van der Waals surface area contributed by atoms with E-state index < -0.39 is 95.1 Å². The molecule has 3 aliphatic rings. The number of halogens is 4. The van der Waals surface area contributed by atoms with E-state index in [1.165, 1.54) is 26.0 Å². The van der Waals surface area contributed by atoms with Gasteiger partial charge in [0.15, 0.2) is 0 Å². The Morgan fingerprint density at radius 1 is 1.18 bits per heavy atom. The summed E-state index contributed by atoms with van der Waals surface area (Å²) in [6.45, 7) is 8.37. The van der Waals surface area contributed by atoms with Crippen molar-refractivity contribution >= 4 is 46.7 Å². The van der Waals surface area contributed by atoms with E-state index in [0.29, 0.717) is 28.8 Å². The van der Waals surface area contributed by atoms with Crippen LogP contribution in [0.5, 0.6) is 0 Å². The molecule has 3 N–H and O–H groups in total. The molecule has 4 bridgehead atoms. The minimum Gasteiger partial charge on any atom is -0.462 e. The highest BCUT2D eigenvalue weighted by molar-refractivity contribution is 6.34. The molecule has 0 unspecified atom stereocenters. The number of nitrogens with zero attached hydrogens (tertiary/aromatic N) is 2. The monoisotopic (exact) mass is 819 g/mol.